The summed E-state index contributed by atoms with van der Waals surface area (Å²) in [5.41, 5.74) is 1.17. The van der Waals surface area contributed by atoms with Gasteiger partial charge in [0.1, 0.15) is 18.2 Å². The Hall–Kier alpha value is -1.95. The van der Waals surface area contributed by atoms with Crippen LogP contribution in [0.4, 0.5) is 4.39 Å². The van der Waals surface area contributed by atoms with E-state index in [1.807, 2.05) is 42.5 Å². The summed E-state index contributed by atoms with van der Waals surface area (Å²) in [7, 11) is 0. The predicted molar refractivity (Wildman–Crippen MR) is 122 cm³/mol. The summed E-state index contributed by atoms with van der Waals surface area (Å²) < 4.78 is 19.2. The maximum absolute atomic E-state index is 13.3. The fraction of sp³-hybridized carbons (Fsp3) is 0.538. The van der Waals surface area contributed by atoms with Crippen molar-refractivity contribution in [1.29, 1.82) is 0 Å². The number of hydrogen-bond donors (Lipinski definition) is 1. The first-order valence-electron chi connectivity index (χ1n) is 11.7. The molecule has 1 aliphatic heterocycles. The quantitative estimate of drug-likeness (QED) is 0.688. The smallest absolute Gasteiger partial charge is 0.123 e. The van der Waals surface area contributed by atoms with Crippen LogP contribution in [0.2, 0.25) is 0 Å². The molecule has 5 heteroatoms. The van der Waals surface area contributed by atoms with Crippen molar-refractivity contribution in [3.8, 4) is 5.75 Å². The molecule has 0 bridgehead atoms. The lowest BCUT2D eigenvalue weighted by Gasteiger charge is -2.40. The number of nitrogens with zero attached hydrogens (tertiary/aromatic N) is 2. The van der Waals surface area contributed by atoms with Crippen molar-refractivity contribution in [2.75, 3.05) is 45.9 Å². The lowest BCUT2D eigenvalue weighted by Crippen LogP contribution is -2.50. The average Bonchev–Trinajstić information content (AvgIpc) is 2.81. The second-order valence-electron chi connectivity index (χ2n) is 8.98. The number of ether oxygens (including phenoxy) is 1. The predicted octanol–water partition coefficient (Wildman–Crippen LogP) is 4.16. The van der Waals surface area contributed by atoms with Gasteiger partial charge in [-0.25, -0.2) is 4.39 Å². The molecule has 168 valence electrons. The summed E-state index contributed by atoms with van der Waals surface area (Å²) >= 11 is 0. The Balaban J connectivity index is 1.22. The molecule has 1 N–H and O–H groups in total. The molecule has 1 aliphatic carbocycles. The van der Waals surface area contributed by atoms with Crippen LogP contribution >= 0.6 is 0 Å². The van der Waals surface area contributed by atoms with Gasteiger partial charge in [-0.2, -0.15) is 0 Å². The molecule has 0 amide bonds. The van der Waals surface area contributed by atoms with E-state index < -0.39 is 0 Å². The number of hydrogen-bond acceptors (Lipinski definition) is 4. The molecule has 1 saturated heterocycles. The number of benzene rings is 2. The van der Waals surface area contributed by atoms with E-state index in [1.54, 1.807) is 12.1 Å². The van der Waals surface area contributed by atoms with Crippen molar-refractivity contribution in [1.82, 2.24) is 9.80 Å². The van der Waals surface area contributed by atoms with E-state index in [-0.39, 0.29) is 17.8 Å². The lowest BCUT2D eigenvalue weighted by molar-refractivity contribution is 0.0202. The van der Waals surface area contributed by atoms with Gasteiger partial charge in [0, 0.05) is 39.3 Å². The van der Waals surface area contributed by atoms with Crippen LogP contribution in [0.15, 0.2) is 54.6 Å². The van der Waals surface area contributed by atoms with Gasteiger partial charge in [0.05, 0.1) is 6.10 Å². The number of halogens is 1. The number of aliphatic hydroxyl groups excluding tert-OH is 1. The molecular formula is C26H35FN2O2. The van der Waals surface area contributed by atoms with E-state index in [2.05, 4.69) is 9.80 Å². The molecule has 1 heterocycles. The van der Waals surface area contributed by atoms with Gasteiger partial charge in [-0.05, 0) is 54.5 Å². The zero-order valence-corrected chi connectivity index (χ0v) is 18.3. The zero-order chi connectivity index (χ0) is 21.5. The average molecular weight is 427 g/mol. The topological polar surface area (TPSA) is 35.9 Å². The monoisotopic (exact) mass is 426 g/mol. The van der Waals surface area contributed by atoms with Crippen LogP contribution in [0.25, 0.3) is 0 Å². The molecule has 4 nitrogen and oxygen atoms in total. The van der Waals surface area contributed by atoms with E-state index in [9.17, 15) is 9.50 Å². The van der Waals surface area contributed by atoms with Gasteiger partial charge >= 0.3 is 0 Å². The molecule has 2 aliphatic rings. The fourth-order valence-corrected chi connectivity index (χ4v) is 5.15. The van der Waals surface area contributed by atoms with Crippen LogP contribution in [-0.4, -0.2) is 66.9 Å². The molecule has 3 unspecified atom stereocenters. The molecule has 0 spiro atoms. The number of para-hydroxylation sites is 1. The van der Waals surface area contributed by atoms with Crippen molar-refractivity contribution < 1.29 is 14.2 Å². The Morgan fingerprint density at radius 2 is 1.58 bits per heavy atom. The highest BCUT2D eigenvalue weighted by atomic mass is 19.1. The Kier molecular flexibility index (Phi) is 7.95. The van der Waals surface area contributed by atoms with Crippen molar-refractivity contribution in [2.45, 2.75) is 37.7 Å². The lowest BCUT2D eigenvalue weighted by atomic mass is 9.73. The van der Waals surface area contributed by atoms with Gasteiger partial charge in [0.25, 0.3) is 0 Å². The first-order valence-corrected chi connectivity index (χ1v) is 11.7. The van der Waals surface area contributed by atoms with Gasteiger partial charge in [-0.15, -0.1) is 0 Å². The van der Waals surface area contributed by atoms with E-state index >= 15 is 0 Å². The Morgan fingerprint density at radius 3 is 2.32 bits per heavy atom. The standard InChI is InChI=1S/C26H35FN2O2/c27-22-12-10-21(11-13-22)24-8-4-5-9-25(24)26(30)20-29-16-14-28(15-17-29)18-19-31-23-6-2-1-3-7-23/h1-3,6-7,10-13,24-26,30H,4-5,8-9,14-20H2. The highest BCUT2D eigenvalue weighted by Gasteiger charge is 2.33. The third-order valence-corrected chi connectivity index (χ3v) is 6.94. The molecule has 3 atom stereocenters. The maximum Gasteiger partial charge on any atom is 0.123 e. The minimum Gasteiger partial charge on any atom is -0.492 e. The Bertz CT molecular complexity index is 778. The SMILES string of the molecule is OC(CN1CCN(CCOc2ccccc2)CC1)C1CCCCC1c1ccc(F)cc1. The summed E-state index contributed by atoms with van der Waals surface area (Å²) in [5.74, 6) is 1.33. The molecular weight excluding hydrogens is 391 g/mol. The maximum atomic E-state index is 13.3. The summed E-state index contributed by atoms with van der Waals surface area (Å²) in [4.78, 5) is 4.84. The molecule has 1 saturated carbocycles. The molecule has 0 aromatic heterocycles. The summed E-state index contributed by atoms with van der Waals surface area (Å²) in [6.07, 6.45) is 4.18. The highest BCUT2D eigenvalue weighted by Crippen LogP contribution is 2.40. The minimum atomic E-state index is -0.330. The van der Waals surface area contributed by atoms with Crippen LogP contribution in [0.1, 0.15) is 37.2 Å². The molecule has 4 rings (SSSR count). The summed E-state index contributed by atoms with van der Waals surface area (Å²) in [5, 5.41) is 11.1. The molecule has 2 aromatic carbocycles. The van der Waals surface area contributed by atoms with Crippen molar-refractivity contribution in [2.24, 2.45) is 5.92 Å². The summed E-state index contributed by atoms with van der Waals surface area (Å²) in [6, 6.07) is 16.9. The first-order chi connectivity index (χ1) is 15.2. The number of rotatable bonds is 8. The molecule has 31 heavy (non-hydrogen) atoms. The van der Waals surface area contributed by atoms with Crippen molar-refractivity contribution >= 4 is 0 Å². The second-order valence-corrected chi connectivity index (χ2v) is 8.98. The molecule has 0 radical (unpaired) electrons. The van der Waals surface area contributed by atoms with Gasteiger partial charge in [-0.1, -0.05) is 43.2 Å². The Labute approximate surface area is 185 Å². The number of β-amino-alcohol motifs (C(OH)–C–C–N with tert-alkyl or cyclic N) is 1. The van der Waals surface area contributed by atoms with Gasteiger partial charge in [0.2, 0.25) is 0 Å². The fourth-order valence-electron chi connectivity index (χ4n) is 5.15. The van der Waals surface area contributed by atoms with Gasteiger partial charge in [0.15, 0.2) is 0 Å². The van der Waals surface area contributed by atoms with Crippen molar-refractivity contribution in [3.63, 3.8) is 0 Å². The van der Waals surface area contributed by atoms with E-state index in [0.717, 1.165) is 57.9 Å². The van der Waals surface area contributed by atoms with Crippen LogP contribution in [-0.2, 0) is 0 Å². The van der Waals surface area contributed by atoms with E-state index in [4.69, 9.17) is 4.74 Å². The van der Waals surface area contributed by atoms with E-state index in [0.29, 0.717) is 12.5 Å². The van der Waals surface area contributed by atoms with E-state index in [1.165, 1.54) is 18.4 Å². The van der Waals surface area contributed by atoms with Crippen LogP contribution in [0.5, 0.6) is 5.75 Å². The Morgan fingerprint density at radius 1 is 0.903 bits per heavy atom. The first kappa shape index (κ1) is 22.3. The number of piperazine rings is 1. The van der Waals surface area contributed by atoms with Crippen LogP contribution < -0.4 is 4.74 Å². The van der Waals surface area contributed by atoms with Gasteiger partial charge in [-0.3, -0.25) is 9.80 Å². The highest BCUT2D eigenvalue weighted by molar-refractivity contribution is 5.22. The van der Waals surface area contributed by atoms with Crippen LogP contribution in [0.3, 0.4) is 0 Å². The largest absolute Gasteiger partial charge is 0.492 e. The third kappa shape index (κ3) is 6.28. The number of aliphatic hydroxyl groups is 1. The minimum absolute atomic E-state index is 0.191. The van der Waals surface area contributed by atoms with Crippen molar-refractivity contribution in [3.05, 3.63) is 66.0 Å². The van der Waals surface area contributed by atoms with Crippen LogP contribution in [0, 0.1) is 11.7 Å². The molecule has 2 fully saturated rings. The second kappa shape index (κ2) is 11.1. The molecule has 2 aromatic rings. The third-order valence-electron chi connectivity index (χ3n) is 6.94. The summed E-state index contributed by atoms with van der Waals surface area (Å²) in [6.45, 7) is 6.35. The zero-order valence-electron chi connectivity index (χ0n) is 18.3. The van der Waals surface area contributed by atoms with Gasteiger partial charge < -0.3 is 9.84 Å². The normalized spacial score (nSPS) is 24.1.